The lowest BCUT2D eigenvalue weighted by Gasteiger charge is -2.20. The average Bonchev–Trinajstić information content (AvgIpc) is 1.81. The zero-order valence-electron chi connectivity index (χ0n) is 7.31. The Morgan fingerprint density at radius 2 is 1.90 bits per heavy atom. The molecule has 1 unspecified atom stereocenters. The lowest BCUT2D eigenvalue weighted by Crippen LogP contribution is -2.22. The first kappa shape index (κ1) is 9.92. The molecule has 0 aliphatic heterocycles. The van der Waals surface area contributed by atoms with E-state index in [0.717, 1.165) is 6.42 Å². The quantitative estimate of drug-likeness (QED) is 0.448. The fourth-order valence-corrected chi connectivity index (χ4v) is 0.275. The van der Waals surface area contributed by atoms with Crippen molar-refractivity contribution in [1.82, 2.24) is 0 Å². The van der Waals surface area contributed by atoms with Crippen molar-refractivity contribution in [2.24, 2.45) is 0 Å². The van der Waals surface area contributed by atoms with Crippen LogP contribution in [0.25, 0.3) is 0 Å². The second kappa shape index (κ2) is 3.94. The maximum absolute atomic E-state index is 5.04. The molecule has 0 N–H and O–H groups in total. The lowest BCUT2D eigenvalue weighted by molar-refractivity contribution is -0.369. The minimum absolute atomic E-state index is 0.0826. The average molecular weight is 145 g/mol. The Hall–Kier alpha value is -0.0800. The van der Waals surface area contributed by atoms with Crippen LogP contribution in [0.4, 0.5) is 0 Å². The van der Waals surface area contributed by atoms with Gasteiger partial charge < -0.3 is 0 Å². The molecule has 0 aromatic rings. The van der Waals surface area contributed by atoms with E-state index in [-0.39, 0.29) is 11.7 Å². The van der Waals surface area contributed by atoms with Gasteiger partial charge in [-0.1, -0.05) is 6.92 Å². The van der Waals surface area contributed by atoms with Crippen LogP contribution in [0.2, 0.25) is 0 Å². The minimum Gasteiger partial charge on any atom is -0.233 e. The topological polar surface area (TPSA) is 18.5 Å². The fourth-order valence-electron chi connectivity index (χ4n) is 0.275. The number of hydrogen-bond acceptors (Lipinski definition) is 2. The monoisotopic (exact) mass is 145 g/mol. The Kier molecular flexibility index (Phi) is 3.91. The van der Waals surface area contributed by atoms with Gasteiger partial charge in [-0.3, -0.25) is 0 Å². The van der Waals surface area contributed by atoms with Gasteiger partial charge in [-0.15, -0.1) is 0 Å². The van der Waals surface area contributed by atoms with Gasteiger partial charge in [-0.25, -0.2) is 9.78 Å². The molecule has 1 radical (unpaired) electrons. The summed E-state index contributed by atoms with van der Waals surface area (Å²) >= 11 is 0. The first-order valence-corrected chi connectivity index (χ1v) is 3.59. The van der Waals surface area contributed by atoms with Gasteiger partial charge in [0.1, 0.15) is 0 Å². The third-order valence-electron chi connectivity index (χ3n) is 0.869. The molecule has 0 rings (SSSR count). The predicted octanol–water partition coefficient (Wildman–Crippen LogP) is 2.35. The van der Waals surface area contributed by atoms with Gasteiger partial charge in [-0.2, -0.15) is 0 Å². The van der Waals surface area contributed by atoms with Gasteiger partial charge in [-0.05, 0) is 34.1 Å². The molecule has 0 amide bonds. The maximum atomic E-state index is 5.04. The lowest BCUT2D eigenvalue weighted by atomic mass is 10.2. The molecule has 0 aromatic carbocycles. The highest BCUT2D eigenvalue weighted by Crippen LogP contribution is 2.09. The van der Waals surface area contributed by atoms with Crippen LogP contribution < -0.4 is 0 Å². The molecule has 0 spiro atoms. The second-order valence-electron chi connectivity index (χ2n) is 3.39. The van der Waals surface area contributed by atoms with Crippen molar-refractivity contribution in [3.63, 3.8) is 0 Å². The zero-order valence-corrected chi connectivity index (χ0v) is 7.31. The summed E-state index contributed by atoms with van der Waals surface area (Å²) in [5.41, 5.74) is -0.219. The molecule has 0 aromatic heterocycles. The largest absolute Gasteiger partial charge is 0.233 e. The standard InChI is InChI=1S/C8H17O2/c1-6-7(2)9-10-8(3,4)5/h7H,1,6H2,2-5H3. The van der Waals surface area contributed by atoms with Gasteiger partial charge in [0.05, 0.1) is 11.7 Å². The van der Waals surface area contributed by atoms with Gasteiger partial charge >= 0.3 is 0 Å². The molecule has 2 nitrogen and oxygen atoms in total. The van der Waals surface area contributed by atoms with Crippen molar-refractivity contribution in [2.75, 3.05) is 0 Å². The number of rotatable bonds is 3. The second-order valence-corrected chi connectivity index (χ2v) is 3.39. The van der Waals surface area contributed by atoms with Gasteiger partial charge in [0.2, 0.25) is 0 Å². The van der Waals surface area contributed by atoms with Crippen molar-refractivity contribution in [3.8, 4) is 0 Å². The Bertz CT molecular complexity index is 83.7. The van der Waals surface area contributed by atoms with Crippen LogP contribution in [0.15, 0.2) is 0 Å². The highest BCUT2D eigenvalue weighted by molar-refractivity contribution is 4.55. The summed E-state index contributed by atoms with van der Waals surface area (Å²) in [4.78, 5) is 10.0. The van der Waals surface area contributed by atoms with Gasteiger partial charge in [0, 0.05) is 0 Å². The molecule has 0 aliphatic rings. The summed E-state index contributed by atoms with van der Waals surface area (Å²) < 4.78 is 0. The van der Waals surface area contributed by atoms with Crippen LogP contribution in [0.1, 0.15) is 34.1 Å². The van der Waals surface area contributed by atoms with Crippen LogP contribution in [-0.4, -0.2) is 11.7 Å². The summed E-state index contributed by atoms with van der Waals surface area (Å²) in [5, 5.41) is 0. The molecule has 10 heavy (non-hydrogen) atoms. The summed E-state index contributed by atoms with van der Waals surface area (Å²) in [7, 11) is 0. The normalized spacial score (nSPS) is 15.3. The first-order valence-electron chi connectivity index (χ1n) is 3.59. The molecule has 0 bridgehead atoms. The number of hydrogen-bond donors (Lipinski definition) is 0. The zero-order chi connectivity index (χ0) is 8.20. The summed E-state index contributed by atoms with van der Waals surface area (Å²) in [5.74, 6) is 0. The molecule has 0 saturated carbocycles. The third-order valence-corrected chi connectivity index (χ3v) is 0.869. The SMILES string of the molecule is [CH2]CC(C)OOC(C)(C)C. The van der Waals surface area contributed by atoms with Gasteiger partial charge in [0.15, 0.2) is 0 Å². The smallest absolute Gasteiger partial charge is 0.0952 e. The van der Waals surface area contributed by atoms with Crippen molar-refractivity contribution < 1.29 is 9.78 Å². The Morgan fingerprint density at radius 1 is 1.40 bits per heavy atom. The van der Waals surface area contributed by atoms with Crippen molar-refractivity contribution in [3.05, 3.63) is 6.92 Å². The van der Waals surface area contributed by atoms with E-state index in [0.29, 0.717) is 0 Å². The molecule has 0 fully saturated rings. The van der Waals surface area contributed by atoms with Crippen molar-refractivity contribution in [2.45, 2.75) is 45.8 Å². The molecule has 1 atom stereocenters. The Balaban J connectivity index is 3.36. The molecular formula is C8H17O2. The molecule has 61 valence electrons. The maximum Gasteiger partial charge on any atom is 0.0952 e. The molecular weight excluding hydrogens is 128 g/mol. The van der Waals surface area contributed by atoms with E-state index in [4.69, 9.17) is 9.78 Å². The summed E-state index contributed by atoms with van der Waals surface area (Å²) in [6.45, 7) is 11.5. The van der Waals surface area contributed by atoms with Crippen LogP contribution in [0.3, 0.4) is 0 Å². The highest BCUT2D eigenvalue weighted by Gasteiger charge is 2.12. The van der Waals surface area contributed by atoms with E-state index in [9.17, 15) is 0 Å². The molecule has 0 aliphatic carbocycles. The fraction of sp³-hybridized carbons (Fsp3) is 0.875. The van der Waals surface area contributed by atoms with E-state index in [1.54, 1.807) is 0 Å². The Morgan fingerprint density at radius 3 is 2.20 bits per heavy atom. The van der Waals surface area contributed by atoms with E-state index >= 15 is 0 Å². The van der Waals surface area contributed by atoms with Gasteiger partial charge in [0.25, 0.3) is 0 Å². The summed E-state index contributed by atoms with van der Waals surface area (Å²) in [6, 6.07) is 0. The summed E-state index contributed by atoms with van der Waals surface area (Å²) in [6.07, 6.45) is 0.815. The van der Waals surface area contributed by atoms with Crippen LogP contribution in [0.5, 0.6) is 0 Å². The van der Waals surface area contributed by atoms with E-state index in [1.807, 2.05) is 27.7 Å². The van der Waals surface area contributed by atoms with Crippen LogP contribution >= 0.6 is 0 Å². The molecule has 0 heterocycles. The van der Waals surface area contributed by atoms with E-state index in [2.05, 4.69) is 6.92 Å². The van der Waals surface area contributed by atoms with Crippen LogP contribution in [0, 0.1) is 6.92 Å². The Labute approximate surface area is 63.5 Å². The third kappa shape index (κ3) is 6.05. The van der Waals surface area contributed by atoms with E-state index < -0.39 is 0 Å². The molecule has 0 saturated heterocycles. The minimum atomic E-state index is -0.219. The van der Waals surface area contributed by atoms with Crippen molar-refractivity contribution >= 4 is 0 Å². The highest BCUT2D eigenvalue weighted by atomic mass is 17.2. The first-order chi connectivity index (χ1) is 4.45. The van der Waals surface area contributed by atoms with Crippen LogP contribution in [-0.2, 0) is 9.78 Å². The molecule has 2 heteroatoms. The van der Waals surface area contributed by atoms with Crippen molar-refractivity contribution in [1.29, 1.82) is 0 Å². The predicted molar refractivity (Wildman–Crippen MR) is 41.4 cm³/mol. The van der Waals surface area contributed by atoms with E-state index in [1.165, 1.54) is 0 Å².